The van der Waals surface area contributed by atoms with E-state index in [1.54, 1.807) is 13.1 Å². The van der Waals surface area contributed by atoms with Crippen molar-refractivity contribution >= 4 is 23.6 Å². The van der Waals surface area contributed by atoms with Gasteiger partial charge in [0.05, 0.1) is 5.92 Å². The van der Waals surface area contributed by atoms with Crippen LogP contribution in [-0.2, 0) is 14.3 Å². The normalized spacial score (nSPS) is 16.9. The van der Waals surface area contributed by atoms with Crippen LogP contribution in [0.4, 0.5) is 16.3 Å². The van der Waals surface area contributed by atoms with E-state index in [4.69, 9.17) is 14.0 Å². The van der Waals surface area contributed by atoms with E-state index in [0.717, 1.165) is 50.2 Å². The third-order valence-electron chi connectivity index (χ3n) is 6.61. The summed E-state index contributed by atoms with van der Waals surface area (Å²) in [5, 5.41) is 6.79. The van der Waals surface area contributed by atoms with Gasteiger partial charge in [0, 0.05) is 37.7 Å². The van der Waals surface area contributed by atoms with Gasteiger partial charge in [0.15, 0.2) is 5.76 Å². The molecule has 1 N–H and O–H groups in total. The lowest BCUT2D eigenvalue weighted by Gasteiger charge is -2.32. The number of carbonyl (C=O) groups is 2. The first-order valence-corrected chi connectivity index (χ1v) is 12.4. The highest BCUT2D eigenvalue weighted by Crippen LogP contribution is 2.33. The number of esters is 1. The van der Waals surface area contributed by atoms with Crippen molar-refractivity contribution in [3.63, 3.8) is 0 Å². The number of hydrogen-bond donors (Lipinski definition) is 1. The van der Waals surface area contributed by atoms with E-state index in [9.17, 15) is 9.59 Å². The van der Waals surface area contributed by atoms with Crippen LogP contribution in [0.3, 0.4) is 0 Å². The van der Waals surface area contributed by atoms with E-state index >= 15 is 0 Å². The minimum Gasteiger partial charge on any atom is -0.462 e. The summed E-state index contributed by atoms with van der Waals surface area (Å²) in [6.45, 7) is 5.12. The van der Waals surface area contributed by atoms with E-state index in [-0.39, 0.29) is 18.0 Å². The fourth-order valence-corrected chi connectivity index (χ4v) is 4.29. The Balaban J connectivity index is 1.19. The number of carbonyl (C=O) groups excluding carboxylic acids is 2. The molecule has 188 valence electrons. The zero-order valence-electron chi connectivity index (χ0n) is 20.5. The first kappa shape index (κ1) is 23.8. The third-order valence-corrected chi connectivity index (χ3v) is 6.61. The molecule has 1 saturated heterocycles. The van der Waals surface area contributed by atoms with Crippen LogP contribution in [-0.4, -0.2) is 41.4 Å². The predicted molar refractivity (Wildman–Crippen MR) is 133 cm³/mol. The average molecular weight is 491 g/mol. The van der Waals surface area contributed by atoms with Gasteiger partial charge in [0.1, 0.15) is 29.4 Å². The lowest BCUT2D eigenvalue weighted by molar-refractivity contribution is -0.151. The summed E-state index contributed by atoms with van der Waals surface area (Å²) in [5.74, 6) is 1.35. The zero-order valence-corrected chi connectivity index (χ0v) is 20.5. The number of anilines is 2. The molecule has 1 aromatic carbocycles. The maximum Gasteiger partial charge on any atom is 0.412 e. The molecule has 9 heteroatoms. The number of aromatic nitrogens is 2. The van der Waals surface area contributed by atoms with Crippen molar-refractivity contribution in [1.82, 2.24) is 10.1 Å². The van der Waals surface area contributed by atoms with E-state index < -0.39 is 12.2 Å². The van der Waals surface area contributed by atoms with Gasteiger partial charge in [-0.2, -0.15) is 0 Å². The molecular formula is C27H30N4O5. The minimum atomic E-state index is -0.589. The number of pyridine rings is 1. The Morgan fingerprint density at radius 1 is 1.08 bits per heavy atom. The second kappa shape index (κ2) is 10.4. The van der Waals surface area contributed by atoms with Crippen LogP contribution < -0.4 is 10.2 Å². The fourth-order valence-electron chi connectivity index (χ4n) is 4.29. The molecule has 2 aromatic heterocycles. The lowest BCUT2D eigenvalue weighted by Crippen LogP contribution is -2.38. The van der Waals surface area contributed by atoms with E-state index in [0.29, 0.717) is 22.7 Å². The molecule has 5 rings (SSSR count). The van der Waals surface area contributed by atoms with Gasteiger partial charge < -0.3 is 18.9 Å². The van der Waals surface area contributed by atoms with Gasteiger partial charge in [-0.05, 0) is 44.4 Å². The Morgan fingerprint density at radius 3 is 2.50 bits per heavy atom. The van der Waals surface area contributed by atoms with E-state index in [2.05, 4.69) is 20.4 Å². The molecule has 1 unspecified atom stereocenters. The smallest absolute Gasteiger partial charge is 0.412 e. The third kappa shape index (κ3) is 5.50. The van der Waals surface area contributed by atoms with Gasteiger partial charge in [-0.15, -0.1) is 0 Å². The fraction of sp³-hybridized carbons (Fsp3) is 0.407. The molecule has 1 amide bonds. The van der Waals surface area contributed by atoms with Gasteiger partial charge in [0.25, 0.3) is 0 Å². The highest BCUT2D eigenvalue weighted by atomic mass is 16.6. The van der Waals surface area contributed by atoms with Crippen molar-refractivity contribution in [3.05, 3.63) is 59.9 Å². The van der Waals surface area contributed by atoms with Gasteiger partial charge in [-0.25, -0.2) is 9.78 Å². The Bertz CT molecular complexity index is 1200. The molecule has 9 nitrogen and oxygen atoms in total. The molecule has 1 aliphatic carbocycles. The Labute approximate surface area is 209 Å². The highest BCUT2D eigenvalue weighted by Gasteiger charge is 2.34. The largest absolute Gasteiger partial charge is 0.462 e. The first-order chi connectivity index (χ1) is 17.5. The van der Waals surface area contributed by atoms with Crippen molar-refractivity contribution in [3.8, 4) is 11.3 Å². The number of nitrogens with one attached hydrogen (secondary N) is 1. The Kier molecular flexibility index (Phi) is 6.88. The SMILES string of the molecule is Cc1noc(-c2ccc(N3CCC(OC(=O)C4CC4)CC3)nc2)c1NC(=O)OC(C)c1ccccc1. The van der Waals surface area contributed by atoms with Crippen LogP contribution in [0.5, 0.6) is 0 Å². The molecule has 3 heterocycles. The van der Waals surface area contributed by atoms with Crippen LogP contribution in [0, 0.1) is 12.8 Å². The van der Waals surface area contributed by atoms with Crippen molar-refractivity contribution in [2.75, 3.05) is 23.3 Å². The second-order valence-electron chi connectivity index (χ2n) is 9.36. The Morgan fingerprint density at radius 2 is 1.83 bits per heavy atom. The number of aryl methyl sites for hydroxylation is 1. The van der Waals surface area contributed by atoms with Crippen molar-refractivity contribution in [2.24, 2.45) is 5.92 Å². The molecule has 36 heavy (non-hydrogen) atoms. The molecule has 2 fully saturated rings. The topological polar surface area (TPSA) is 107 Å². The lowest BCUT2D eigenvalue weighted by atomic mass is 10.1. The van der Waals surface area contributed by atoms with Crippen molar-refractivity contribution in [1.29, 1.82) is 0 Å². The van der Waals surface area contributed by atoms with Gasteiger partial charge in [0.2, 0.25) is 0 Å². The number of amides is 1. The summed E-state index contributed by atoms with van der Waals surface area (Å²) < 4.78 is 16.7. The zero-order chi connectivity index (χ0) is 25.1. The maximum absolute atomic E-state index is 12.6. The second-order valence-corrected chi connectivity index (χ2v) is 9.36. The quantitative estimate of drug-likeness (QED) is 0.446. The minimum absolute atomic E-state index is 0.0104. The molecule has 1 atom stereocenters. The summed E-state index contributed by atoms with van der Waals surface area (Å²) in [7, 11) is 0. The number of ether oxygens (including phenoxy) is 2. The summed E-state index contributed by atoms with van der Waals surface area (Å²) in [4.78, 5) is 31.3. The number of hydrogen-bond acceptors (Lipinski definition) is 8. The summed E-state index contributed by atoms with van der Waals surface area (Å²) in [6, 6.07) is 13.3. The first-order valence-electron chi connectivity index (χ1n) is 12.4. The Hall–Kier alpha value is -3.88. The van der Waals surface area contributed by atoms with Gasteiger partial charge in [-0.3, -0.25) is 10.1 Å². The average Bonchev–Trinajstić information content (AvgIpc) is 3.69. The molecule has 3 aromatic rings. The molecule has 0 radical (unpaired) electrons. The number of piperidine rings is 1. The number of nitrogens with zero attached hydrogens (tertiary/aromatic N) is 3. The highest BCUT2D eigenvalue weighted by molar-refractivity contribution is 5.90. The van der Waals surface area contributed by atoms with Crippen LogP contribution in [0.25, 0.3) is 11.3 Å². The number of rotatable bonds is 7. The molecule has 0 bridgehead atoms. The van der Waals surface area contributed by atoms with Crippen LogP contribution in [0.2, 0.25) is 0 Å². The standard InChI is InChI=1S/C27H30N4O5/c1-17-24(29-27(33)34-18(2)19-6-4-3-5-7-19)25(36-30-17)21-10-11-23(28-16-21)31-14-12-22(13-15-31)35-26(32)20-8-9-20/h3-7,10-11,16,18,20,22H,8-9,12-15H2,1-2H3,(H,29,33). The monoisotopic (exact) mass is 490 g/mol. The van der Waals surface area contributed by atoms with Crippen LogP contribution in [0.15, 0.2) is 53.2 Å². The van der Waals surface area contributed by atoms with E-state index in [1.165, 1.54) is 0 Å². The summed E-state index contributed by atoms with van der Waals surface area (Å²) >= 11 is 0. The molecular weight excluding hydrogens is 460 g/mol. The van der Waals surface area contributed by atoms with Crippen molar-refractivity contribution < 1.29 is 23.6 Å². The van der Waals surface area contributed by atoms with Gasteiger partial charge in [-0.1, -0.05) is 35.5 Å². The summed E-state index contributed by atoms with van der Waals surface area (Å²) in [6.07, 6.45) is 4.21. The molecule has 2 aliphatic rings. The maximum atomic E-state index is 12.6. The molecule has 0 spiro atoms. The van der Waals surface area contributed by atoms with Crippen LogP contribution in [0.1, 0.15) is 50.0 Å². The van der Waals surface area contributed by atoms with Gasteiger partial charge >= 0.3 is 12.1 Å². The van der Waals surface area contributed by atoms with E-state index in [1.807, 2.05) is 49.4 Å². The number of benzene rings is 1. The molecule has 1 aliphatic heterocycles. The van der Waals surface area contributed by atoms with Crippen molar-refractivity contribution in [2.45, 2.75) is 51.7 Å². The summed E-state index contributed by atoms with van der Waals surface area (Å²) in [5.41, 5.74) is 2.59. The predicted octanol–water partition coefficient (Wildman–Crippen LogP) is 5.28. The van der Waals surface area contributed by atoms with Crippen LogP contribution >= 0.6 is 0 Å². The molecule has 1 saturated carbocycles.